The number of fused-ring (bicyclic) bond motifs is 11. The van der Waals surface area contributed by atoms with Gasteiger partial charge in [0.1, 0.15) is 0 Å². The second-order valence-electron chi connectivity index (χ2n) is 14.4. The average molecular weight is 719 g/mol. The predicted molar refractivity (Wildman–Crippen MR) is 239 cm³/mol. The summed E-state index contributed by atoms with van der Waals surface area (Å²) in [6.07, 6.45) is 0. The maximum Gasteiger partial charge on any atom is 0.0362 e. The Hall–Kier alpha value is -6.32. The van der Waals surface area contributed by atoms with Crippen molar-refractivity contribution in [3.8, 4) is 33.4 Å². The molecular formula is C52H30S2. The van der Waals surface area contributed by atoms with Crippen molar-refractivity contribution in [2.75, 3.05) is 0 Å². The molecular weight excluding hydrogens is 689 g/mol. The number of hydrogen-bond donors (Lipinski definition) is 0. The van der Waals surface area contributed by atoms with Gasteiger partial charge >= 0.3 is 0 Å². The van der Waals surface area contributed by atoms with Gasteiger partial charge in [0.25, 0.3) is 0 Å². The maximum atomic E-state index is 2.44. The summed E-state index contributed by atoms with van der Waals surface area (Å²) in [5.41, 5.74) is 7.53. The summed E-state index contributed by atoms with van der Waals surface area (Å²) in [7, 11) is 0. The Morgan fingerprint density at radius 3 is 1.72 bits per heavy atom. The molecule has 0 saturated carbocycles. The molecule has 2 aromatic heterocycles. The van der Waals surface area contributed by atoms with Crippen LogP contribution in [0.2, 0.25) is 0 Å². The Kier molecular flexibility index (Phi) is 6.48. The summed E-state index contributed by atoms with van der Waals surface area (Å²) in [6, 6.07) is 67.9. The predicted octanol–water partition coefficient (Wildman–Crippen LogP) is 16.0. The first kappa shape index (κ1) is 30.2. The van der Waals surface area contributed by atoms with Crippen LogP contribution in [-0.4, -0.2) is 0 Å². The van der Waals surface area contributed by atoms with Crippen LogP contribution >= 0.6 is 22.7 Å². The molecule has 0 spiro atoms. The van der Waals surface area contributed by atoms with Crippen LogP contribution in [0.5, 0.6) is 0 Å². The third-order valence-electron chi connectivity index (χ3n) is 11.4. The van der Waals surface area contributed by atoms with Crippen molar-refractivity contribution in [3.63, 3.8) is 0 Å². The van der Waals surface area contributed by atoms with E-state index in [-0.39, 0.29) is 0 Å². The molecule has 0 saturated heterocycles. The van der Waals surface area contributed by atoms with E-state index < -0.39 is 0 Å². The molecule has 0 N–H and O–H groups in total. The standard InChI is InChI=1S/C52H30S2/c1-3-12-37-32(9-1)11-7-15-39(37)40-16-8-17-41-44(40)28-35-10-2-4-13-38(35)51(41)33-21-19-31(20-22-33)34-23-25-48-45(27-34)46-29-36-24-26-49-52(43(36)30-50(46)54-48)42-14-5-6-18-47(42)53-49/h1-30H. The fourth-order valence-electron chi connectivity index (χ4n) is 8.92. The minimum atomic E-state index is 1.23. The first-order valence-electron chi connectivity index (χ1n) is 18.5. The number of thiophene rings is 2. The van der Waals surface area contributed by atoms with E-state index in [0.717, 1.165) is 0 Å². The van der Waals surface area contributed by atoms with Gasteiger partial charge in [-0.15, -0.1) is 22.7 Å². The quantitative estimate of drug-likeness (QED) is 0.160. The zero-order chi connectivity index (χ0) is 35.3. The largest absolute Gasteiger partial charge is 0.135 e. The zero-order valence-electron chi connectivity index (χ0n) is 29.1. The fourth-order valence-corrected chi connectivity index (χ4v) is 11.2. The molecule has 12 rings (SSSR count). The smallest absolute Gasteiger partial charge is 0.0362 e. The SMILES string of the molecule is c1ccc2c(-c3cccc4c(-c5ccc(-c6ccc7sc8cc9c(ccc%10sc%11ccccc%11c%109)cc8c7c6)cc5)c5ccccc5cc34)cccc2c1. The second-order valence-corrected chi connectivity index (χ2v) is 16.6. The van der Waals surface area contributed by atoms with Gasteiger partial charge in [-0.2, -0.15) is 0 Å². The van der Waals surface area contributed by atoms with E-state index in [1.165, 1.54) is 117 Å². The van der Waals surface area contributed by atoms with Gasteiger partial charge in [-0.05, 0) is 119 Å². The van der Waals surface area contributed by atoms with Crippen molar-refractivity contribution < 1.29 is 0 Å². The summed E-state index contributed by atoms with van der Waals surface area (Å²) in [5.74, 6) is 0. The van der Waals surface area contributed by atoms with Crippen LogP contribution in [0.4, 0.5) is 0 Å². The first-order chi connectivity index (χ1) is 26.7. The Morgan fingerprint density at radius 1 is 0.259 bits per heavy atom. The lowest BCUT2D eigenvalue weighted by Gasteiger charge is -2.16. The van der Waals surface area contributed by atoms with E-state index in [9.17, 15) is 0 Å². The topological polar surface area (TPSA) is 0 Å². The van der Waals surface area contributed by atoms with Gasteiger partial charge < -0.3 is 0 Å². The Morgan fingerprint density at radius 2 is 0.833 bits per heavy atom. The highest BCUT2D eigenvalue weighted by atomic mass is 32.1. The van der Waals surface area contributed by atoms with Crippen LogP contribution in [0, 0.1) is 0 Å². The molecule has 0 nitrogen and oxygen atoms in total. The van der Waals surface area contributed by atoms with Crippen molar-refractivity contribution in [3.05, 3.63) is 182 Å². The Balaban J connectivity index is 0.991. The van der Waals surface area contributed by atoms with Crippen molar-refractivity contribution >= 4 is 106 Å². The Labute approximate surface area is 319 Å². The van der Waals surface area contributed by atoms with Crippen molar-refractivity contribution in [1.29, 1.82) is 0 Å². The third kappa shape index (κ3) is 4.48. The van der Waals surface area contributed by atoms with E-state index >= 15 is 0 Å². The van der Waals surface area contributed by atoms with Gasteiger partial charge in [0.2, 0.25) is 0 Å². The van der Waals surface area contributed by atoms with E-state index in [1.54, 1.807) is 0 Å². The number of benzene rings is 10. The number of hydrogen-bond acceptors (Lipinski definition) is 2. The van der Waals surface area contributed by atoms with E-state index in [1.807, 2.05) is 22.7 Å². The molecule has 0 aliphatic rings. The molecule has 10 aromatic carbocycles. The molecule has 2 heterocycles. The molecule has 250 valence electrons. The van der Waals surface area contributed by atoms with Gasteiger partial charge in [0.05, 0.1) is 0 Å². The highest BCUT2D eigenvalue weighted by Gasteiger charge is 2.16. The normalized spacial score (nSPS) is 12.1. The molecule has 0 amide bonds. The molecule has 0 radical (unpaired) electrons. The summed E-state index contributed by atoms with van der Waals surface area (Å²) >= 11 is 3.79. The molecule has 12 aromatic rings. The van der Waals surface area contributed by atoms with E-state index in [4.69, 9.17) is 0 Å². The van der Waals surface area contributed by atoms with E-state index in [0.29, 0.717) is 0 Å². The van der Waals surface area contributed by atoms with Crippen molar-refractivity contribution in [2.45, 2.75) is 0 Å². The molecule has 2 heteroatoms. The molecule has 0 fully saturated rings. The lowest BCUT2D eigenvalue weighted by Crippen LogP contribution is -1.89. The molecule has 0 bridgehead atoms. The van der Waals surface area contributed by atoms with Crippen molar-refractivity contribution in [1.82, 2.24) is 0 Å². The van der Waals surface area contributed by atoms with Gasteiger partial charge in [-0.1, -0.05) is 140 Å². The van der Waals surface area contributed by atoms with Gasteiger partial charge in [0.15, 0.2) is 0 Å². The monoisotopic (exact) mass is 718 g/mol. The van der Waals surface area contributed by atoms with Crippen molar-refractivity contribution in [2.24, 2.45) is 0 Å². The van der Waals surface area contributed by atoms with Crippen LogP contribution in [0.25, 0.3) is 117 Å². The molecule has 54 heavy (non-hydrogen) atoms. The number of rotatable bonds is 3. The van der Waals surface area contributed by atoms with Crippen LogP contribution in [0.1, 0.15) is 0 Å². The van der Waals surface area contributed by atoms with Crippen LogP contribution in [0.3, 0.4) is 0 Å². The summed E-state index contributed by atoms with van der Waals surface area (Å²) in [4.78, 5) is 0. The second kappa shape index (κ2) is 11.6. The first-order valence-corrected chi connectivity index (χ1v) is 20.1. The highest BCUT2D eigenvalue weighted by Crippen LogP contribution is 2.45. The molecule has 0 atom stereocenters. The lowest BCUT2D eigenvalue weighted by atomic mass is 9.87. The molecule has 0 aliphatic carbocycles. The summed E-state index contributed by atoms with van der Waals surface area (Å²) < 4.78 is 5.39. The summed E-state index contributed by atoms with van der Waals surface area (Å²) in [5, 5.41) is 15.7. The van der Waals surface area contributed by atoms with E-state index in [2.05, 4.69) is 182 Å². The van der Waals surface area contributed by atoms with Crippen LogP contribution in [-0.2, 0) is 0 Å². The summed E-state index contributed by atoms with van der Waals surface area (Å²) in [6.45, 7) is 0. The highest BCUT2D eigenvalue weighted by molar-refractivity contribution is 7.26. The fraction of sp³-hybridized carbons (Fsp3) is 0. The van der Waals surface area contributed by atoms with Gasteiger partial charge in [-0.3, -0.25) is 0 Å². The third-order valence-corrected chi connectivity index (χ3v) is 13.7. The lowest BCUT2D eigenvalue weighted by molar-refractivity contribution is 1.64. The minimum absolute atomic E-state index is 1.23. The van der Waals surface area contributed by atoms with Crippen LogP contribution in [0.15, 0.2) is 182 Å². The minimum Gasteiger partial charge on any atom is -0.135 e. The Bertz CT molecular complexity index is 3480. The molecule has 0 aliphatic heterocycles. The van der Waals surface area contributed by atoms with Crippen LogP contribution < -0.4 is 0 Å². The maximum absolute atomic E-state index is 2.44. The average Bonchev–Trinajstić information content (AvgIpc) is 3.79. The van der Waals surface area contributed by atoms with Gasteiger partial charge in [0, 0.05) is 40.3 Å². The molecule has 0 unspecified atom stereocenters. The zero-order valence-corrected chi connectivity index (χ0v) is 30.8. The van der Waals surface area contributed by atoms with Gasteiger partial charge in [-0.25, -0.2) is 0 Å².